The molecule has 1 aromatic carbocycles. The minimum atomic E-state index is 0.0338. The predicted octanol–water partition coefficient (Wildman–Crippen LogP) is 2.67. The van der Waals surface area contributed by atoms with E-state index < -0.39 is 0 Å². The third-order valence-corrected chi connectivity index (χ3v) is 3.54. The van der Waals surface area contributed by atoms with Crippen LogP contribution >= 0.6 is 11.6 Å². The van der Waals surface area contributed by atoms with Crippen LogP contribution in [0.2, 0.25) is 5.02 Å². The Morgan fingerprint density at radius 2 is 2.00 bits per heavy atom. The molecule has 0 saturated carbocycles. The van der Waals surface area contributed by atoms with Gasteiger partial charge in [-0.3, -0.25) is 4.68 Å². The Hall–Kier alpha value is -2.64. The molecule has 3 aromatic rings. The van der Waals surface area contributed by atoms with Gasteiger partial charge in [0.1, 0.15) is 5.02 Å². The number of anilines is 3. The summed E-state index contributed by atoms with van der Waals surface area (Å²) in [5, 5.41) is 19.7. The van der Waals surface area contributed by atoms with Gasteiger partial charge in [0.2, 0.25) is 5.95 Å². The third-order valence-electron chi connectivity index (χ3n) is 3.27. The van der Waals surface area contributed by atoms with E-state index in [1.807, 2.05) is 30.3 Å². The van der Waals surface area contributed by atoms with Crippen LogP contribution in [0.25, 0.3) is 0 Å². The van der Waals surface area contributed by atoms with Crippen LogP contribution in [0, 0.1) is 0 Å². The molecule has 0 radical (unpaired) electrons. The first kappa shape index (κ1) is 16.2. The molecular weight excluding hydrogens is 328 g/mol. The fourth-order valence-corrected chi connectivity index (χ4v) is 2.27. The molecule has 0 atom stereocenters. The second-order valence-electron chi connectivity index (χ2n) is 5.07. The maximum absolute atomic E-state index is 8.91. The lowest BCUT2D eigenvalue weighted by Gasteiger charge is -2.09. The number of hydrogen-bond acceptors (Lipinski definition) is 6. The number of nitrogens with one attached hydrogen (secondary N) is 2. The van der Waals surface area contributed by atoms with Gasteiger partial charge in [0, 0.05) is 12.7 Å². The van der Waals surface area contributed by atoms with Crippen molar-refractivity contribution in [3.63, 3.8) is 0 Å². The second-order valence-corrected chi connectivity index (χ2v) is 5.48. The summed E-state index contributed by atoms with van der Waals surface area (Å²) in [6.07, 6.45) is 4.96. The monoisotopic (exact) mass is 344 g/mol. The Labute approximate surface area is 144 Å². The maximum atomic E-state index is 8.91. The molecule has 0 aliphatic heterocycles. The highest BCUT2D eigenvalue weighted by molar-refractivity contribution is 6.32. The minimum Gasteiger partial charge on any atom is -0.394 e. The Balaban J connectivity index is 1.68. The normalized spacial score (nSPS) is 10.6. The van der Waals surface area contributed by atoms with Gasteiger partial charge in [-0.1, -0.05) is 41.9 Å². The molecule has 0 spiro atoms. The molecule has 0 saturated heterocycles. The summed E-state index contributed by atoms with van der Waals surface area (Å²) in [5.74, 6) is 0.972. The Bertz CT molecular complexity index is 792. The summed E-state index contributed by atoms with van der Waals surface area (Å²) in [6, 6.07) is 9.99. The lowest BCUT2D eigenvalue weighted by molar-refractivity contribution is 0.269. The van der Waals surface area contributed by atoms with Crippen molar-refractivity contribution in [3.8, 4) is 0 Å². The lowest BCUT2D eigenvalue weighted by atomic mass is 10.2. The van der Waals surface area contributed by atoms with E-state index in [2.05, 4.69) is 25.7 Å². The summed E-state index contributed by atoms with van der Waals surface area (Å²) >= 11 is 6.15. The van der Waals surface area contributed by atoms with Gasteiger partial charge in [-0.15, -0.1) is 0 Å². The molecule has 24 heavy (non-hydrogen) atoms. The molecule has 2 aromatic heterocycles. The maximum Gasteiger partial charge on any atom is 0.229 e. The van der Waals surface area contributed by atoms with E-state index in [4.69, 9.17) is 16.7 Å². The van der Waals surface area contributed by atoms with Gasteiger partial charge in [-0.2, -0.15) is 10.1 Å². The zero-order valence-electron chi connectivity index (χ0n) is 12.9. The molecule has 0 aliphatic carbocycles. The minimum absolute atomic E-state index is 0.0338. The van der Waals surface area contributed by atoms with Gasteiger partial charge in [0.25, 0.3) is 0 Å². The molecular formula is C16H17ClN6O. The van der Waals surface area contributed by atoms with E-state index in [9.17, 15) is 0 Å². The number of aliphatic hydroxyl groups is 1. The number of nitrogens with zero attached hydrogens (tertiary/aromatic N) is 4. The summed E-state index contributed by atoms with van der Waals surface area (Å²) in [7, 11) is 0. The summed E-state index contributed by atoms with van der Waals surface area (Å²) < 4.78 is 1.63. The first-order chi connectivity index (χ1) is 11.7. The van der Waals surface area contributed by atoms with Crippen molar-refractivity contribution in [2.75, 3.05) is 17.2 Å². The van der Waals surface area contributed by atoms with Crippen molar-refractivity contribution in [1.29, 1.82) is 0 Å². The van der Waals surface area contributed by atoms with Gasteiger partial charge in [-0.25, -0.2) is 4.98 Å². The number of halogens is 1. The number of hydrogen-bond donors (Lipinski definition) is 3. The van der Waals surface area contributed by atoms with Crippen LogP contribution in [-0.2, 0) is 13.1 Å². The highest BCUT2D eigenvalue weighted by Crippen LogP contribution is 2.21. The van der Waals surface area contributed by atoms with Gasteiger partial charge in [0.05, 0.1) is 31.2 Å². The molecule has 2 heterocycles. The lowest BCUT2D eigenvalue weighted by Crippen LogP contribution is -2.05. The number of aliphatic hydroxyl groups excluding tert-OH is 1. The topological polar surface area (TPSA) is 87.9 Å². The fraction of sp³-hybridized carbons (Fsp3) is 0.188. The van der Waals surface area contributed by atoms with Gasteiger partial charge >= 0.3 is 0 Å². The zero-order valence-corrected chi connectivity index (χ0v) is 13.6. The number of benzene rings is 1. The standard InChI is InChI=1S/C16H17ClN6O/c17-14-10-19-16(21-13-9-20-23(11-13)6-7-24)22-15(14)18-8-12-4-2-1-3-5-12/h1-5,9-11,24H,6-8H2,(H2,18,19,21,22). The van der Waals surface area contributed by atoms with E-state index >= 15 is 0 Å². The van der Waals surface area contributed by atoms with Crippen LogP contribution in [0.3, 0.4) is 0 Å². The van der Waals surface area contributed by atoms with E-state index in [0.29, 0.717) is 29.9 Å². The van der Waals surface area contributed by atoms with Crippen LogP contribution in [0.1, 0.15) is 5.56 Å². The number of aromatic nitrogens is 4. The third kappa shape index (κ3) is 4.21. The molecule has 124 valence electrons. The van der Waals surface area contributed by atoms with Crippen LogP contribution in [0.4, 0.5) is 17.5 Å². The zero-order chi connectivity index (χ0) is 16.8. The first-order valence-corrected chi connectivity index (χ1v) is 7.83. The molecule has 0 unspecified atom stereocenters. The van der Waals surface area contributed by atoms with E-state index in [0.717, 1.165) is 11.3 Å². The Kier molecular flexibility index (Phi) is 5.25. The van der Waals surface area contributed by atoms with Gasteiger partial charge in [0.15, 0.2) is 5.82 Å². The molecule has 3 N–H and O–H groups in total. The molecule has 0 fully saturated rings. The van der Waals surface area contributed by atoms with Gasteiger partial charge < -0.3 is 15.7 Å². The predicted molar refractivity (Wildman–Crippen MR) is 93.4 cm³/mol. The van der Waals surface area contributed by atoms with E-state index in [1.54, 1.807) is 23.3 Å². The summed E-state index contributed by atoms with van der Waals surface area (Å²) in [6.45, 7) is 1.09. The highest BCUT2D eigenvalue weighted by atomic mass is 35.5. The van der Waals surface area contributed by atoms with Gasteiger partial charge in [-0.05, 0) is 5.56 Å². The van der Waals surface area contributed by atoms with Crippen molar-refractivity contribution < 1.29 is 5.11 Å². The van der Waals surface area contributed by atoms with Crippen molar-refractivity contribution in [2.24, 2.45) is 0 Å². The van der Waals surface area contributed by atoms with E-state index in [-0.39, 0.29) is 6.61 Å². The summed E-state index contributed by atoms with van der Waals surface area (Å²) in [4.78, 5) is 8.55. The van der Waals surface area contributed by atoms with Crippen LogP contribution in [0.5, 0.6) is 0 Å². The van der Waals surface area contributed by atoms with Crippen molar-refractivity contribution in [3.05, 3.63) is 59.5 Å². The number of rotatable bonds is 7. The van der Waals surface area contributed by atoms with Crippen LogP contribution < -0.4 is 10.6 Å². The van der Waals surface area contributed by atoms with Crippen LogP contribution in [-0.4, -0.2) is 31.5 Å². The summed E-state index contributed by atoms with van der Waals surface area (Å²) in [5.41, 5.74) is 1.87. The Morgan fingerprint density at radius 3 is 2.79 bits per heavy atom. The SMILES string of the molecule is OCCn1cc(Nc2ncc(Cl)c(NCc3ccccc3)n2)cn1. The quantitative estimate of drug-likeness (QED) is 0.610. The molecule has 3 rings (SSSR count). The largest absolute Gasteiger partial charge is 0.394 e. The van der Waals surface area contributed by atoms with Crippen molar-refractivity contribution >= 4 is 29.1 Å². The molecule has 0 aliphatic rings. The van der Waals surface area contributed by atoms with E-state index in [1.165, 1.54) is 0 Å². The average Bonchev–Trinajstić information content (AvgIpc) is 3.04. The highest BCUT2D eigenvalue weighted by Gasteiger charge is 2.07. The molecule has 8 heteroatoms. The first-order valence-electron chi connectivity index (χ1n) is 7.45. The molecule has 0 bridgehead atoms. The second kappa shape index (κ2) is 7.76. The van der Waals surface area contributed by atoms with Crippen LogP contribution in [0.15, 0.2) is 48.9 Å². The van der Waals surface area contributed by atoms with Crippen molar-refractivity contribution in [2.45, 2.75) is 13.1 Å². The fourth-order valence-electron chi connectivity index (χ4n) is 2.11. The average molecular weight is 345 g/mol. The molecule has 7 nitrogen and oxygen atoms in total. The smallest absolute Gasteiger partial charge is 0.229 e. The van der Waals surface area contributed by atoms with Crippen molar-refractivity contribution in [1.82, 2.24) is 19.7 Å². The molecule has 0 amide bonds. The Morgan fingerprint density at radius 1 is 1.17 bits per heavy atom.